The van der Waals surface area contributed by atoms with Gasteiger partial charge in [0.25, 0.3) is 0 Å². The number of rotatable bonds is 3. The van der Waals surface area contributed by atoms with Crippen LogP contribution in [0.4, 0.5) is 5.95 Å². The zero-order chi connectivity index (χ0) is 13.8. The number of benzene rings is 1. The average Bonchev–Trinajstić information content (AvgIpc) is 2.50. The van der Waals surface area contributed by atoms with Gasteiger partial charge in [0.15, 0.2) is 0 Å². The second-order valence-electron chi connectivity index (χ2n) is 4.95. The minimum absolute atomic E-state index is 0.852. The molecule has 5 heteroatoms. The molecule has 4 nitrogen and oxygen atoms in total. The van der Waals surface area contributed by atoms with Crippen molar-refractivity contribution in [3.8, 4) is 0 Å². The number of nitrogens with zero attached hydrogens (tertiary/aromatic N) is 4. The van der Waals surface area contributed by atoms with Crippen LogP contribution in [0.25, 0.3) is 0 Å². The lowest BCUT2D eigenvalue weighted by Crippen LogP contribution is -2.46. The van der Waals surface area contributed by atoms with Gasteiger partial charge in [0, 0.05) is 48.7 Å². The van der Waals surface area contributed by atoms with Gasteiger partial charge >= 0.3 is 0 Å². The molecule has 0 N–H and O–H groups in total. The predicted octanol–water partition coefficient (Wildman–Crippen LogP) is 2.40. The van der Waals surface area contributed by atoms with Crippen molar-refractivity contribution < 1.29 is 0 Å². The molecule has 0 atom stereocenters. The van der Waals surface area contributed by atoms with Gasteiger partial charge in [-0.3, -0.25) is 4.90 Å². The Labute approximate surface area is 133 Å². The first-order valence-corrected chi connectivity index (χ1v) is 7.88. The Balaban J connectivity index is 1.55. The highest BCUT2D eigenvalue weighted by Gasteiger charge is 2.18. The Hall–Kier alpha value is -1.21. The first-order chi connectivity index (χ1) is 9.81. The summed E-state index contributed by atoms with van der Waals surface area (Å²) < 4.78 is 1.08. The number of hydrogen-bond donors (Lipinski definition) is 0. The van der Waals surface area contributed by atoms with E-state index >= 15 is 0 Å². The monoisotopic (exact) mass is 380 g/mol. The summed E-state index contributed by atoms with van der Waals surface area (Å²) in [5.41, 5.74) is 1.38. The van der Waals surface area contributed by atoms with Gasteiger partial charge in [-0.2, -0.15) is 0 Å². The van der Waals surface area contributed by atoms with Gasteiger partial charge in [-0.05, 0) is 28.2 Å². The number of aromatic nitrogens is 2. The molecule has 1 aromatic heterocycles. The molecule has 0 saturated carbocycles. The lowest BCUT2D eigenvalue weighted by atomic mass is 10.2. The summed E-state index contributed by atoms with van der Waals surface area (Å²) in [6.45, 7) is 5.14. The largest absolute Gasteiger partial charge is 0.338 e. The minimum Gasteiger partial charge on any atom is -0.338 e. The second kappa shape index (κ2) is 6.49. The van der Waals surface area contributed by atoms with Gasteiger partial charge in [0.1, 0.15) is 0 Å². The van der Waals surface area contributed by atoms with Gasteiger partial charge in [-0.1, -0.05) is 30.3 Å². The third-order valence-corrected chi connectivity index (χ3v) is 4.07. The molecule has 1 fully saturated rings. The molecular weight excluding hydrogens is 363 g/mol. The Morgan fingerprint density at radius 1 is 0.950 bits per heavy atom. The van der Waals surface area contributed by atoms with Crippen molar-refractivity contribution in [3.05, 3.63) is 51.9 Å². The summed E-state index contributed by atoms with van der Waals surface area (Å²) in [6, 6.07) is 10.6. The molecule has 0 unspecified atom stereocenters. The fourth-order valence-corrected chi connectivity index (χ4v) is 2.69. The quantitative estimate of drug-likeness (QED) is 0.766. The van der Waals surface area contributed by atoms with Crippen LogP contribution in [-0.2, 0) is 6.54 Å². The summed E-state index contributed by atoms with van der Waals surface area (Å²) >= 11 is 2.23. The van der Waals surface area contributed by atoms with Gasteiger partial charge in [0.05, 0.1) is 0 Å². The van der Waals surface area contributed by atoms with Crippen LogP contribution in [0, 0.1) is 3.57 Å². The van der Waals surface area contributed by atoms with E-state index in [9.17, 15) is 0 Å². The standard InChI is InChI=1S/C15H17IN4/c16-14-10-17-15(18-11-14)20-8-6-19(7-9-20)12-13-4-2-1-3-5-13/h1-5,10-11H,6-9,12H2. The molecule has 104 valence electrons. The maximum atomic E-state index is 4.40. The topological polar surface area (TPSA) is 32.3 Å². The third-order valence-electron chi connectivity index (χ3n) is 3.51. The van der Waals surface area contributed by atoms with Crippen molar-refractivity contribution >= 4 is 28.5 Å². The van der Waals surface area contributed by atoms with E-state index in [-0.39, 0.29) is 0 Å². The number of anilines is 1. The minimum atomic E-state index is 0.852. The van der Waals surface area contributed by atoms with E-state index in [1.165, 1.54) is 5.56 Å². The first kappa shape index (κ1) is 13.8. The van der Waals surface area contributed by atoms with Crippen LogP contribution in [-0.4, -0.2) is 41.0 Å². The summed E-state index contributed by atoms with van der Waals surface area (Å²) in [6.07, 6.45) is 3.75. The molecule has 2 aromatic rings. The smallest absolute Gasteiger partial charge is 0.225 e. The predicted molar refractivity (Wildman–Crippen MR) is 88.7 cm³/mol. The summed E-state index contributed by atoms with van der Waals surface area (Å²) in [5.74, 6) is 0.852. The van der Waals surface area contributed by atoms with E-state index in [0.29, 0.717) is 0 Å². The Morgan fingerprint density at radius 3 is 2.25 bits per heavy atom. The van der Waals surface area contributed by atoms with Crippen molar-refractivity contribution in [1.82, 2.24) is 14.9 Å². The van der Waals surface area contributed by atoms with Crippen LogP contribution in [0.2, 0.25) is 0 Å². The molecule has 3 rings (SSSR count). The zero-order valence-corrected chi connectivity index (χ0v) is 13.4. The molecule has 2 heterocycles. The SMILES string of the molecule is Ic1cnc(N2CCN(Cc3ccccc3)CC2)nc1. The van der Waals surface area contributed by atoms with Crippen molar-refractivity contribution in [2.24, 2.45) is 0 Å². The van der Waals surface area contributed by atoms with Crippen LogP contribution in [0.3, 0.4) is 0 Å². The Morgan fingerprint density at radius 2 is 1.60 bits per heavy atom. The Bertz CT molecular complexity index is 536. The second-order valence-corrected chi connectivity index (χ2v) is 6.20. The van der Waals surface area contributed by atoms with E-state index in [0.717, 1.165) is 42.2 Å². The van der Waals surface area contributed by atoms with Crippen molar-refractivity contribution in [3.63, 3.8) is 0 Å². The molecule has 0 spiro atoms. The zero-order valence-electron chi connectivity index (χ0n) is 11.2. The van der Waals surface area contributed by atoms with Crippen LogP contribution < -0.4 is 4.90 Å². The molecule has 0 bridgehead atoms. The van der Waals surface area contributed by atoms with Crippen molar-refractivity contribution in [1.29, 1.82) is 0 Å². The van der Waals surface area contributed by atoms with Crippen molar-refractivity contribution in [2.75, 3.05) is 31.1 Å². The molecule has 0 radical (unpaired) electrons. The van der Waals surface area contributed by atoms with Gasteiger partial charge < -0.3 is 4.90 Å². The van der Waals surface area contributed by atoms with Crippen LogP contribution >= 0.6 is 22.6 Å². The summed E-state index contributed by atoms with van der Waals surface area (Å²) in [4.78, 5) is 13.5. The molecule has 20 heavy (non-hydrogen) atoms. The normalized spacial score (nSPS) is 16.4. The van der Waals surface area contributed by atoms with Gasteiger partial charge in [0.2, 0.25) is 5.95 Å². The number of hydrogen-bond acceptors (Lipinski definition) is 4. The fourth-order valence-electron chi connectivity index (χ4n) is 2.42. The van der Waals surface area contributed by atoms with Crippen LogP contribution in [0.15, 0.2) is 42.7 Å². The lowest BCUT2D eigenvalue weighted by Gasteiger charge is -2.34. The maximum Gasteiger partial charge on any atom is 0.225 e. The number of piperazine rings is 1. The van der Waals surface area contributed by atoms with Crippen LogP contribution in [0.5, 0.6) is 0 Å². The molecule has 1 saturated heterocycles. The molecule has 1 aliphatic heterocycles. The highest BCUT2D eigenvalue weighted by Crippen LogP contribution is 2.13. The number of halogens is 1. The van der Waals surface area contributed by atoms with E-state index in [1.54, 1.807) is 0 Å². The van der Waals surface area contributed by atoms with Crippen molar-refractivity contribution in [2.45, 2.75) is 6.54 Å². The maximum absolute atomic E-state index is 4.40. The van der Waals surface area contributed by atoms with E-state index < -0.39 is 0 Å². The van der Waals surface area contributed by atoms with E-state index in [1.807, 2.05) is 12.4 Å². The molecule has 0 amide bonds. The average molecular weight is 380 g/mol. The van der Waals surface area contributed by atoms with E-state index in [4.69, 9.17) is 0 Å². The third kappa shape index (κ3) is 3.46. The highest BCUT2D eigenvalue weighted by molar-refractivity contribution is 14.1. The lowest BCUT2D eigenvalue weighted by molar-refractivity contribution is 0.248. The molecule has 0 aliphatic carbocycles. The molecule has 1 aromatic carbocycles. The summed E-state index contributed by atoms with van der Waals surface area (Å²) in [7, 11) is 0. The van der Waals surface area contributed by atoms with Crippen LogP contribution in [0.1, 0.15) is 5.56 Å². The molecular formula is C15H17IN4. The van der Waals surface area contributed by atoms with Gasteiger partial charge in [-0.25, -0.2) is 9.97 Å². The molecule has 1 aliphatic rings. The Kier molecular flexibility index (Phi) is 4.47. The van der Waals surface area contributed by atoms with Gasteiger partial charge in [-0.15, -0.1) is 0 Å². The van der Waals surface area contributed by atoms with E-state index in [2.05, 4.69) is 72.7 Å². The highest BCUT2D eigenvalue weighted by atomic mass is 127. The summed E-state index contributed by atoms with van der Waals surface area (Å²) in [5, 5.41) is 0. The fraction of sp³-hybridized carbons (Fsp3) is 0.333. The first-order valence-electron chi connectivity index (χ1n) is 6.80.